The van der Waals surface area contributed by atoms with E-state index in [0.717, 1.165) is 46.2 Å². The predicted molar refractivity (Wildman–Crippen MR) is 122 cm³/mol. The Hall–Kier alpha value is -3.07. The molecule has 3 aromatic heterocycles. The van der Waals surface area contributed by atoms with Crippen LogP contribution in [0.3, 0.4) is 0 Å². The highest BCUT2D eigenvalue weighted by atomic mass is 32.2. The van der Waals surface area contributed by atoms with Crippen LogP contribution in [0.1, 0.15) is 30.3 Å². The molecule has 0 aliphatic carbocycles. The van der Waals surface area contributed by atoms with E-state index in [1.807, 2.05) is 35.1 Å². The minimum absolute atomic E-state index is 0.234. The molecule has 0 atom stereocenters. The highest BCUT2D eigenvalue weighted by Crippen LogP contribution is 2.29. The fourth-order valence-electron chi connectivity index (χ4n) is 3.90. The number of fused-ring (bicyclic) bond motifs is 2. The molecular weight excluding hydrogens is 412 g/mol. The number of thioether (sulfide) groups is 1. The van der Waals surface area contributed by atoms with Gasteiger partial charge in [0.05, 0.1) is 18.1 Å². The highest BCUT2D eigenvalue weighted by molar-refractivity contribution is 7.99. The standard InChI is InChI=1S/C22H24N6O2S/c1-2-31-22-25-19(27-10-5-6-11-27)16-14-24-28(20(16)26-22)12-9-23-21(29)18-13-15-7-3-4-8-17(15)30-18/h3-4,7-8,13-14H,2,5-6,9-12H2,1H3,(H,23,29). The van der Waals surface area contributed by atoms with Crippen molar-refractivity contribution in [3.05, 3.63) is 42.3 Å². The molecule has 0 bridgehead atoms. The monoisotopic (exact) mass is 436 g/mol. The Kier molecular flexibility index (Phi) is 5.50. The SMILES string of the molecule is CCSc1nc(N2CCCC2)c2cnn(CCNC(=O)c3cc4ccccc4o3)c2n1. The Labute approximate surface area is 184 Å². The third-order valence-corrected chi connectivity index (χ3v) is 6.12. The molecular formula is C22H24N6O2S. The minimum Gasteiger partial charge on any atom is -0.451 e. The normalized spacial score (nSPS) is 14.0. The van der Waals surface area contributed by atoms with E-state index in [-0.39, 0.29) is 5.91 Å². The lowest BCUT2D eigenvalue weighted by molar-refractivity contribution is 0.0926. The molecule has 0 spiro atoms. The Morgan fingerprint density at radius 3 is 2.87 bits per heavy atom. The lowest BCUT2D eigenvalue weighted by Crippen LogP contribution is -2.27. The molecule has 1 aliphatic rings. The summed E-state index contributed by atoms with van der Waals surface area (Å²) in [4.78, 5) is 24.4. The molecule has 0 radical (unpaired) electrons. The van der Waals surface area contributed by atoms with Gasteiger partial charge in [-0.05, 0) is 30.7 Å². The van der Waals surface area contributed by atoms with Crippen LogP contribution >= 0.6 is 11.8 Å². The summed E-state index contributed by atoms with van der Waals surface area (Å²) in [5.41, 5.74) is 1.52. The molecule has 4 heterocycles. The minimum atomic E-state index is -0.234. The Morgan fingerprint density at radius 1 is 1.23 bits per heavy atom. The third-order valence-electron chi connectivity index (χ3n) is 5.39. The van der Waals surface area contributed by atoms with Crippen molar-refractivity contribution < 1.29 is 9.21 Å². The Morgan fingerprint density at radius 2 is 2.06 bits per heavy atom. The van der Waals surface area contributed by atoms with Gasteiger partial charge in [-0.15, -0.1) is 0 Å². The summed E-state index contributed by atoms with van der Waals surface area (Å²) >= 11 is 1.63. The van der Waals surface area contributed by atoms with Crippen molar-refractivity contribution in [1.29, 1.82) is 0 Å². The van der Waals surface area contributed by atoms with Crippen molar-refractivity contribution in [2.75, 3.05) is 30.3 Å². The van der Waals surface area contributed by atoms with Crippen LogP contribution in [-0.4, -0.2) is 51.0 Å². The molecule has 9 heteroatoms. The average Bonchev–Trinajstić information content (AvgIpc) is 3.53. The first kappa shape index (κ1) is 19.9. The largest absolute Gasteiger partial charge is 0.451 e. The van der Waals surface area contributed by atoms with Gasteiger partial charge in [0, 0.05) is 25.0 Å². The molecule has 0 unspecified atom stereocenters. The van der Waals surface area contributed by atoms with Crippen LogP contribution in [0, 0.1) is 0 Å². The van der Waals surface area contributed by atoms with Crippen molar-refractivity contribution in [3.63, 3.8) is 0 Å². The topological polar surface area (TPSA) is 89.1 Å². The van der Waals surface area contributed by atoms with E-state index in [2.05, 4.69) is 22.2 Å². The van der Waals surface area contributed by atoms with E-state index < -0.39 is 0 Å². The molecule has 5 rings (SSSR count). The van der Waals surface area contributed by atoms with Crippen LogP contribution in [0.4, 0.5) is 5.82 Å². The van der Waals surface area contributed by atoms with Gasteiger partial charge in [0.15, 0.2) is 16.6 Å². The summed E-state index contributed by atoms with van der Waals surface area (Å²) in [5, 5.41) is 10.1. The molecule has 1 aliphatic heterocycles. The quantitative estimate of drug-likeness (QED) is 0.349. The van der Waals surface area contributed by atoms with Gasteiger partial charge in [-0.1, -0.05) is 36.9 Å². The van der Waals surface area contributed by atoms with Crippen LogP contribution in [0.2, 0.25) is 0 Å². The number of nitrogens with zero attached hydrogens (tertiary/aromatic N) is 5. The molecule has 1 N–H and O–H groups in total. The maximum atomic E-state index is 12.5. The third kappa shape index (κ3) is 3.97. The van der Waals surface area contributed by atoms with Crippen molar-refractivity contribution >= 4 is 45.5 Å². The predicted octanol–water partition coefficient (Wildman–Crippen LogP) is 3.71. The number of carbonyl (C=O) groups excluding carboxylic acids is 1. The highest BCUT2D eigenvalue weighted by Gasteiger charge is 2.21. The van der Waals surface area contributed by atoms with Gasteiger partial charge >= 0.3 is 0 Å². The van der Waals surface area contributed by atoms with Gasteiger partial charge in [0.2, 0.25) is 0 Å². The first-order valence-corrected chi connectivity index (χ1v) is 11.6. The lowest BCUT2D eigenvalue weighted by atomic mass is 10.2. The second-order valence-corrected chi connectivity index (χ2v) is 8.70. The first-order valence-electron chi connectivity index (χ1n) is 10.6. The van der Waals surface area contributed by atoms with Crippen molar-refractivity contribution in [2.45, 2.75) is 31.5 Å². The van der Waals surface area contributed by atoms with Crippen molar-refractivity contribution in [2.24, 2.45) is 0 Å². The fourth-order valence-corrected chi connectivity index (χ4v) is 4.46. The maximum absolute atomic E-state index is 12.5. The average molecular weight is 437 g/mol. The molecule has 160 valence electrons. The molecule has 8 nitrogen and oxygen atoms in total. The molecule has 4 aromatic rings. The van der Waals surface area contributed by atoms with E-state index in [4.69, 9.17) is 14.4 Å². The Bertz CT molecular complexity index is 1190. The number of benzene rings is 1. The van der Waals surface area contributed by atoms with Crippen molar-refractivity contribution in [1.82, 2.24) is 25.1 Å². The summed E-state index contributed by atoms with van der Waals surface area (Å²) in [6.45, 7) is 5.06. The van der Waals surface area contributed by atoms with E-state index in [9.17, 15) is 4.79 Å². The number of anilines is 1. The number of aromatic nitrogens is 4. The summed E-state index contributed by atoms with van der Waals surface area (Å²) in [6, 6.07) is 9.35. The first-order chi connectivity index (χ1) is 15.2. The number of hydrogen-bond acceptors (Lipinski definition) is 7. The van der Waals surface area contributed by atoms with Gasteiger partial charge < -0.3 is 14.6 Å². The number of amides is 1. The molecule has 1 fully saturated rings. The number of nitrogens with one attached hydrogen (secondary N) is 1. The van der Waals surface area contributed by atoms with Gasteiger partial charge in [0.25, 0.3) is 5.91 Å². The number of carbonyl (C=O) groups is 1. The maximum Gasteiger partial charge on any atom is 0.287 e. The van der Waals surface area contributed by atoms with Crippen LogP contribution in [0.15, 0.2) is 46.1 Å². The number of rotatable bonds is 7. The summed E-state index contributed by atoms with van der Waals surface area (Å²) < 4.78 is 7.48. The van der Waals surface area contributed by atoms with Gasteiger partial charge in [-0.2, -0.15) is 5.10 Å². The summed E-state index contributed by atoms with van der Waals surface area (Å²) in [5.74, 6) is 1.96. The molecule has 31 heavy (non-hydrogen) atoms. The number of para-hydroxylation sites is 1. The van der Waals surface area contributed by atoms with Crippen LogP contribution in [0.25, 0.3) is 22.0 Å². The lowest BCUT2D eigenvalue weighted by Gasteiger charge is -2.17. The van der Waals surface area contributed by atoms with Crippen LogP contribution in [-0.2, 0) is 6.54 Å². The van der Waals surface area contributed by atoms with E-state index in [1.165, 1.54) is 12.8 Å². The second-order valence-electron chi connectivity index (χ2n) is 7.47. The van der Waals surface area contributed by atoms with E-state index in [0.29, 0.717) is 24.4 Å². The summed E-state index contributed by atoms with van der Waals surface area (Å²) in [6.07, 6.45) is 4.21. The smallest absolute Gasteiger partial charge is 0.287 e. The summed E-state index contributed by atoms with van der Waals surface area (Å²) in [7, 11) is 0. The van der Waals surface area contributed by atoms with Gasteiger partial charge in [0.1, 0.15) is 11.4 Å². The van der Waals surface area contributed by atoms with Crippen LogP contribution < -0.4 is 10.2 Å². The van der Waals surface area contributed by atoms with Crippen LogP contribution in [0.5, 0.6) is 0 Å². The van der Waals surface area contributed by atoms with E-state index in [1.54, 1.807) is 17.8 Å². The fraction of sp³-hybridized carbons (Fsp3) is 0.364. The molecule has 0 saturated carbocycles. The number of furan rings is 1. The molecule has 1 saturated heterocycles. The molecule has 1 amide bonds. The van der Waals surface area contributed by atoms with Gasteiger partial charge in [-0.3, -0.25) is 4.79 Å². The second kappa shape index (κ2) is 8.58. The Balaban J connectivity index is 1.33. The zero-order chi connectivity index (χ0) is 21.2. The van der Waals surface area contributed by atoms with Gasteiger partial charge in [-0.25, -0.2) is 14.6 Å². The van der Waals surface area contributed by atoms with Crippen molar-refractivity contribution in [3.8, 4) is 0 Å². The van der Waals surface area contributed by atoms with E-state index >= 15 is 0 Å². The number of hydrogen-bond donors (Lipinski definition) is 1. The zero-order valence-electron chi connectivity index (χ0n) is 17.4. The zero-order valence-corrected chi connectivity index (χ0v) is 18.2. The molecule has 1 aromatic carbocycles.